The van der Waals surface area contributed by atoms with Crippen LogP contribution < -0.4 is 10.2 Å². The molecule has 0 radical (unpaired) electrons. The number of benzene rings is 2. The quantitative estimate of drug-likeness (QED) is 0.731. The molecular formula is C20H17F3N4O. The van der Waals surface area contributed by atoms with Gasteiger partial charge in [-0.15, -0.1) is 0 Å². The van der Waals surface area contributed by atoms with E-state index in [0.29, 0.717) is 18.8 Å². The Morgan fingerprint density at radius 1 is 1.11 bits per heavy atom. The normalized spacial score (nSPS) is 17.1. The van der Waals surface area contributed by atoms with Crippen LogP contribution in [-0.4, -0.2) is 28.5 Å². The number of rotatable bonds is 3. The van der Waals surface area contributed by atoms with E-state index in [1.165, 1.54) is 18.5 Å². The molecule has 1 fully saturated rings. The van der Waals surface area contributed by atoms with Crippen molar-refractivity contribution in [3.8, 4) is 0 Å². The number of nitrogens with one attached hydrogen (secondary N) is 1. The first kappa shape index (κ1) is 18.2. The fourth-order valence-corrected chi connectivity index (χ4v) is 3.51. The summed E-state index contributed by atoms with van der Waals surface area (Å²) in [6.45, 7) is 0.641. The molecule has 0 unspecified atom stereocenters. The number of halogens is 3. The SMILES string of the molecule is O=C(Nc1cccc(C(F)(F)F)c1)[C@@H]1CCCN1c1ncnc2ccccc12. The molecule has 0 aliphatic carbocycles. The van der Waals surface area contributed by atoms with Crippen molar-refractivity contribution >= 4 is 28.3 Å². The maximum atomic E-state index is 12.9. The van der Waals surface area contributed by atoms with E-state index in [1.807, 2.05) is 29.2 Å². The molecule has 2 aromatic carbocycles. The summed E-state index contributed by atoms with van der Waals surface area (Å²) in [6.07, 6.45) is -1.61. The standard InChI is InChI=1S/C20H17F3N4O/c21-20(22,23)13-5-3-6-14(11-13)26-19(28)17-9-4-10-27(17)18-15-7-1-2-8-16(15)24-12-25-18/h1-3,5-8,11-12,17H,4,9-10H2,(H,26,28)/t17-/m0/s1. The Bertz CT molecular complexity index is 1020. The van der Waals surface area contributed by atoms with Crippen molar-refractivity contribution in [1.29, 1.82) is 0 Å². The topological polar surface area (TPSA) is 58.1 Å². The van der Waals surface area contributed by atoms with Crippen molar-refractivity contribution in [3.05, 3.63) is 60.4 Å². The zero-order chi connectivity index (χ0) is 19.7. The summed E-state index contributed by atoms with van der Waals surface area (Å²) in [5.74, 6) is 0.312. The largest absolute Gasteiger partial charge is 0.416 e. The number of amides is 1. The van der Waals surface area contributed by atoms with Gasteiger partial charge in [-0.3, -0.25) is 4.79 Å². The highest BCUT2D eigenvalue weighted by atomic mass is 19.4. The Morgan fingerprint density at radius 2 is 1.93 bits per heavy atom. The Labute approximate surface area is 159 Å². The number of anilines is 2. The average Bonchev–Trinajstić information content (AvgIpc) is 3.17. The third kappa shape index (κ3) is 3.49. The molecule has 5 nitrogen and oxygen atoms in total. The van der Waals surface area contributed by atoms with Crippen LogP contribution in [0, 0.1) is 0 Å². The van der Waals surface area contributed by atoms with Crippen molar-refractivity contribution < 1.29 is 18.0 Å². The number of hydrogen-bond donors (Lipinski definition) is 1. The Balaban J connectivity index is 1.59. The lowest BCUT2D eigenvalue weighted by molar-refractivity contribution is -0.137. The minimum atomic E-state index is -4.46. The lowest BCUT2D eigenvalue weighted by Crippen LogP contribution is -2.40. The van der Waals surface area contributed by atoms with E-state index >= 15 is 0 Å². The van der Waals surface area contributed by atoms with Crippen molar-refractivity contribution in [2.75, 3.05) is 16.8 Å². The summed E-state index contributed by atoms with van der Waals surface area (Å²) in [4.78, 5) is 23.3. The second-order valence-electron chi connectivity index (χ2n) is 6.63. The minimum Gasteiger partial charge on any atom is -0.344 e. The number of carbonyl (C=O) groups is 1. The number of alkyl halides is 3. The van der Waals surface area contributed by atoms with Gasteiger partial charge in [0.1, 0.15) is 18.2 Å². The maximum absolute atomic E-state index is 12.9. The Hall–Kier alpha value is -3.16. The molecule has 1 N–H and O–H groups in total. The molecule has 1 atom stereocenters. The fourth-order valence-electron chi connectivity index (χ4n) is 3.51. The van der Waals surface area contributed by atoms with Gasteiger partial charge in [0.05, 0.1) is 11.1 Å². The van der Waals surface area contributed by atoms with Gasteiger partial charge in [-0.1, -0.05) is 18.2 Å². The number of fused-ring (bicyclic) bond motifs is 1. The lowest BCUT2D eigenvalue weighted by Gasteiger charge is -2.26. The molecule has 0 bridgehead atoms. The van der Waals surface area contributed by atoms with Gasteiger partial charge < -0.3 is 10.2 Å². The van der Waals surface area contributed by atoms with Gasteiger partial charge >= 0.3 is 6.18 Å². The predicted molar refractivity (Wildman–Crippen MR) is 100.0 cm³/mol. The molecule has 1 aromatic heterocycles. The Kier molecular flexibility index (Phi) is 4.62. The molecule has 0 spiro atoms. The number of hydrogen-bond acceptors (Lipinski definition) is 4. The third-order valence-corrected chi connectivity index (χ3v) is 4.81. The molecule has 144 valence electrons. The summed E-state index contributed by atoms with van der Waals surface area (Å²) in [5, 5.41) is 3.46. The molecule has 1 saturated heterocycles. The smallest absolute Gasteiger partial charge is 0.344 e. The first-order valence-corrected chi connectivity index (χ1v) is 8.88. The van der Waals surface area contributed by atoms with Crippen LogP contribution in [0.5, 0.6) is 0 Å². The molecule has 1 aliphatic heterocycles. The van der Waals surface area contributed by atoms with Gasteiger partial charge in [0.2, 0.25) is 5.91 Å². The van der Waals surface area contributed by atoms with E-state index in [9.17, 15) is 18.0 Å². The van der Waals surface area contributed by atoms with Crippen LogP contribution in [0.2, 0.25) is 0 Å². The van der Waals surface area contributed by atoms with Crippen LogP contribution in [0.1, 0.15) is 18.4 Å². The van der Waals surface area contributed by atoms with E-state index in [4.69, 9.17) is 0 Å². The van der Waals surface area contributed by atoms with E-state index in [-0.39, 0.29) is 11.6 Å². The van der Waals surface area contributed by atoms with Crippen LogP contribution in [-0.2, 0) is 11.0 Å². The first-order valence-electron chi connectivity index (χ1n) is 8.88. The highest BCUT2D eigenvalue weighted by molar-refractivity contribution is 5.99. The summed E-state index contributed by atoms with van der Waals surface area (Å²) in [7, 11) is 0. The minimum absolute atomic E-state index is 0.124. The number of para-hydroxylation sites is 1. The first-order chi connectivity index (χ1) is 13.4. The van der Waals surface area contributed by atoms with Crippen LogP contribution in [0.25, 0.3) is 10.9 Å². The predicted octanol–water partition coefficient (Wildman–Crippen LogP) is 4.26. The molecule has 2 heterocycles. The van der Waals surface area contributed by atoms with Gasteiger partial charge in [0.15, 0.2) is 0 Å². The number of aromatic nitrogens is 2. The highest BCUT2D eigenvalue weighted by Crippen LogP contribution is 2.32. The van der Waals surface area contributed by atoms with Gasteiger partial charge in [-0.05, 0) is 43.2 Å². The molecular weight excluding hydrogens is 369 g/mol. The molecule has 8 heteroatoms. The molecule has 1 aliphatic rings. The third-order valence-electron chi connectivity index (χ3n) is 4.81. The van der Waals surface area contributed by atoms with Crippen molar-refractivity contribution in [2.24, 2.45) is 0 Å². The van der Waals surface area contributed by atoms with Crippen molar-refractivity contribution in [2.45, 2.75) is 25.1 Å². The monoisotopic (exact) mass is 386 g/mol. The van der Waals surface area contributed by atoms with E-state index < -0.39 is 17.8 Å². The molecule has 0 saturated carbocycles. The zero-order valence-electron chi connectivity index (χ0n) is 14.8. The van der Waals surface area contributed by atoms with E-state index in [0.717, 1.165) is 29.5 Å². The molecule has 28 heavy (non-hydrogen) atoms. The van der Waals surface area contributed by atoms with Crippen LogP contribution >= 0.6 is 0 Å². The highest BCUT2D eigenvalue weighted by Gasteiger charge is 2.34. The lowest BCUT2D eigenvalue weighted by atomic mass is 10.1. The molecule has 4 rings (SSSR count). The summed E-state index contributed by atoms with van der Waals surface area (Å²) in [5.41, 5.74) is 0.103. The van der Waals surface area contributed by atoms with E-state index in [1.54, 1.807) is 0 Å². The van der Waals surface area contributed by atoms with Crippen LogP contribution in [0.4, 0.5) is 24.7 Å². The maximum Gasteiger partial charge on any atom is 0.416 e. The summed E-state index contributed by atoms with van der Waals surface area (Å²) in [6, 6.07) is 11.7. The van der Waals surface area contributed by atoms with Gasteiger partial charge in [0.25, 0.3) is 0 Å². The summed E-state index contributed by atoms with van der Waals surface area (Å²) < 4.78 is 38.7. The van der Waals surface area contributed by atoms with Gasteiger partial charge in [-0.2, -0.15) is 13.2 Å². The van der Waals surface area contributed by atoms with Gasteiger partial charge in [0, 0.05) is 17.6 Å². The molecule has 1 amide bonds. The molecule has 3 aromatic rings. The van der Waals surface area contributed by atoms with Crippen LogP contribution in [0.15, 0.2) is 54.9 Å². The van der Waals surface area contributed by atoms with Gasteiger partial charge in [-0.25, -0.2) is 9.97 Å². The number of carbonyl (C=O) groups excluding carboxylic acids is 1. The zero-order valence-corrected chi connectivity index (χ0v) is 14.8. The van der Waals surface area contributed by atoms with Crippen molar-refractivity contribution in [1.82, 2.24) is 9.97 Å². The van der Waals surface area contributed by atoms with Crippen molar-refractivity contribution in [3.63, 3.8) is 0 Å². The Morgan fingerprint density at radius 3 is 2.75 bits per heavy atom. The number of nitrogens with zero attached hydrogens (tertiary/aromatic N) is 3. The second-order valence-corrected chi connectivity index (χ2v) is 6.63. The second kappa shape index (κ2) is 7.10. The fraction of sp³-hybridized carbons (Fsp3) is 0.250. The van der Waals surface area contributed by atoms with Crippen LogP contribution in [0.3, 0.4) is 0 Å². The van der Waals surface area contributed by atoms with E-state index in [2.05, 4.69) is 15.3 Å². The average molecular weight is 386 g/mol. The summed E-state index contributed by atoms with van der Waals surface area (Å²) >= 11 is 0.